The van der Waals surface area contributed by atoms with Crippen LogP contribution in [0.4, 0.5) is 0 Å². The van der Waals surface area contributed by atoms with Crippen molar-refractivity contribution in [3.8, 4) is 0 Å². The van der Waals surface area contributed by atoms with Crippen molar-refractivity contribution in [3.63, 3.8) is 0 Å². The molecule has 0 aromatic rings. The van der Waals surface area contributed by atoms with Crippen LogP contribution in [-0.2, 0) is 9.53 Å². The van der Waals surface area contributed by atoms with Crippen molar-refractivity contribution >= 4 is 5.91 Å². The molecule has 1 unspecified atom stereocenters. The van der Waals surface area contributed by atoms with Crippen LogP contribution in [0.15, 0.2) is 0 Å². The van der Waals surface area contributed by atoms with Crippen molar-refractivity contribution in [2.75, 3.05) is 13.2 Å². The van der Waals surface area contributed by atoms with E-state index in [4.69, 9.17) is 4.74 Å². The molecule has 0 aromatic carbocycles. The van der Waals surface area contributed by atoms with Crippen molar-refractivity contribution in [1.29, 1.82) is 0 Å². The smallest absolute Gasteiger partial charge is 0.223 e. The Bertz CT molecular complexity index is 160. The number of hydrogen-bond acceptors (Lipinski definition) is 2. The maximum atomic E-state index is 11.6. The minimum Gasteiger partial charge on any atom is -0.379 e. The Morgan fingerprint density at radius 3 is 2.69 bits per heavy atom. The van der Waals surface area contributed by atoms with E-state index < -0.39 is 0 Å². The molecule has 0 aliphatic carbocycles. The highest BCUT2D eigenvalue weighted by molar-refractivity contribution is 5.78. The zero-order valence-electron chi connectivity index (χ0n) is 8.51. The fourth-order valence-corrected chi connectivity index (χ4v) is 1.63. The summed E-state index contributed by atoms with van der Waals surface area (Å²) in [5.41, 5.74) is 0. The largest absolute Gasteiger partial charge is 0.379 e. The lowest BCUT2D eigenvalue weighted by atomic mass is 10.0. The van der Waals surface area contributed by atoms with Crippen LogP contribution >= 0.6 is 0 Å². The minimum atomic E-state index is 0.181. The summed E-state index contributed by atoms with van der Waals surface area (Å²) in [5, 5.41) is 3.02. The molecule has 3 nitrogen and oxygen atoms in total. The molecule has 0 aromatic heterocycles. The molecular weight excluding hydrogens is 166 g/mol. The summed E-state index contributed by atoms with van der Waals surface area (Å²) in [5.74, 6) is 0.376. The molecule has 76 valence electrons. The SMILES string of the molecule is CCC(CC)C(=O)NC1CCOC1. The first-order valence-corrected chi connectivity index (χ1v) is 5.16. The van der Waals surface area contributed by atoms with Gasteiger partial charge in [0.25, 0.3) is 0 Å². The van der Waals surface area contributed by atoms with E-state index in [9.17, 15) is 4.79 Å². The summed E-state index contributed by atoms with van der Waals surface area (Å²) < 4.78 is 5.19. The van der Waals surface area contributed by atoms with E-state index in [1.54, 1.807) is 0 Å². The van der Waals surface area contributed by atoms with Gasteiger partial charge in [0.05, 0.1) is 12.6 Å². The summed E-state index contributed by atoms with van der Waals surface area (Å²) in [4.78, 5) is 11.6. The third-order valence-electron chi connectivity index (χ3n) is 2.63. The zero-order valence-corrected chi connectivity index (χ0v) is 8.51. The number of nitrogens with one attached hydrogen (secondary N) is 1. The predicted octanol–water partition coefficient (Wildman–Crippen LogP) is 1.33. The molecule has 1 aliphatic heterocycles. The average molecular weight is 185 g/mol. The normalized spacial score (nSPS) is 22.2. The molecule has 1 heterocycles. The highest BCUT2D eigenvalue weighted by atomic mass is 16.5. The van der Waals surface area contributed by atoms with E-state index in [-0.39, 0.29) is 17.9 Å². The molecule has 1 saturated heterocycles. The molecule has 0 radical (unpaired) electrons. The predicted molar refractivity (Wildman–Crippen MR) is 51.4 cm³/mol. The Morgan fingerprint density at radius 2 is 2.23 bits per heavy atom. The Labute approximate surface area is 79.8 Å². The Kier molecular flexibility index (Phi) is 4.22. The summed E-state index contributed by atoms with van der Waals surface area (Å²) in [6, 6.07) is 0.257. The van der Waals surface area contributed by atoms with Gasteiger partial charge in [-0.3, -0.25) is 4.79 Å². The molecule has 1 fully saturated rings. The molecule has 0 saturated carbocycles. The molecule has 13 heavy (non-hydrogen) atoms. The van der Waals surface area contributed by atoms with Crippen LogP contribution < -0.4 is 5.32 Å². The van der Waals surface area contributed by atoms with E-state index in [1.165, 1.54) is 0 Å². The molecular formula is C10H19NO2. The van der Waals surface area contributed by atoms with Gasteiger partial charge in [0.1, 0.15) is 0 Å². The van der Waals surface area contributed by atoms with Crippen LogP contribution in [0.3, 0.4) is 0 Å². The van der Waals surface area contributed by atoms with Gasteiger partial charge in [-0.05, 0) is 19.3 Å². The number of ether oxygens (including phenoxy) is 1. The number of amides is 1. The molecule has 1 N–H and O–H groups in total. The molecule has 1 aliphatic rings. The van der Waals surface area contributed by atoms with E-state index in [0.29, 0.717) is 6.61 Å². The van der Waals surface area contributed by atoms with Crippen LogP contribution in [0.5, 0.6) is 0 Å². The van der Waals surface area contributed by atoms with Crippen molar-refractivity contribution in [1.82, 2.24) is 5.32 Å². The number of carbonyl (C=O) groups excluding carboxylic acids is 1. The van der Waals surface area contributed by atoms with Crippen LogP contribution in [0.1, 0.15) is 33.1 Å². The second-order valence-corrected chi connectivity index (χ2v) is 3.58. The Balaban J connectivity index is 2.29. The molecule has 1 atom stereocenters. The lowest BCUT2D eigenvalue weighted by Crippen LogP contribution is -2.38. The van der Waals surface area contributed by atoms with Crippen molar-refractivity contribution in [3.05, 3.63) is 0 Å². The summed E-state index contributed by atoms with van der Waals surface area (Å²) in [7, 11) is 0. The van der Waals surface area contributed by atoms with Gasteiger partial charge in [-0.25, -0.2) is 0 Å². The van der Waals surface area contributed by atoms with Crippen molar-refractivity contribution in [2.24, 2.45) is 5.92 Å². The fourth-order valence-electron chi connectivity index (χ4n) is 1.63. The lowest BCUT2D eigenvalue weighted by molar-refractivity contribution is -0.125. The van der Waals surface area contributed by atoms with Crippen LogP contribution in [0, 0.1) is 5.92 Å². The summed E-state index contributed by atoms with van der Waals surface area (Å²) >= 11 is 0. The van der Waals surface area contributed by atoms with Crippen molar-refractivity contribution < 1.29 is 9.53 Å². The maximum Gasteiger partial charge on any atom is 0.223 e. The molecule has 1 rings (SSSR count). The third kappa shape index (κ3) is 2.99. The maximum absolute atomic E-state index is 11.6. The molecule has 0 bridgehead atoms. The van der Waals surface area contributed by atoms with Gasteiger partial charge < -0.3 is 10.1 Å². The lowest BCUT2D eigenvalue weighted by Gasteiger charge is -2.16. The van der Waals surface area contributed by atoms with Crippen molar-refractivity contribution in [2.45, 2.75) is 39.2 Å². The fraction of sp³-hybridized carbons (Fsp3) is 0.900. The van der Waals surface area contributed by atoms with Gasteiger partial charge in [0.2, 0.25) is 5.91 Å². The molecule has 3 heteroatoms. The van der Waals surface area contributed by atoms with E-state index in [1.807, 2.05) is 0 Å². The van der Waals surface area contributed by atoms with Crippen LogP contribution in [0.25, 0.3) is 0 Å². The standard InChI is InChI=1S/C10H19NO2/c1-3-8(4-2)10(12)11-9-5-6-13-7-9/h8-9H,3-7H2,1-2H3,(H,11,12). The van der Waals surface area contributed by atoms with Gasteiger partial charge >= 0.3 is 0 Å². The first-order valence-electron chi connectivity index (χ1n) is 5.16. The Morgan fingerprint density at radius 1 is 1.54 bits per heavy atom. The quantitative estimate of drug-likeness (QED) is 0.717. The highest BCUT2D eigenvalue weighted by Gasteiger charge is 2.21. The van der Waals surface area contributed by atoms with E-state index in [2.05, 4.69) is 19.2 Å². The monoisotopic (exact) mass is 185 g/mol. The van der Waals surface area contributed by atoms with Gasteiger partial charge in [-0.1, -0.05) is 13.8 Å². The minimum absolute atomic E-state index is 0.181. The Hall–Kier alpha value is -0.570. The molecule has 1 amide bonds. The van der Waals surface area contributed by atoms with E-state index >= 15 is 0 Å². The number of carbonyl (C=O) groups is 1. The second kappa shape index (κ2) is 5.22. The van der Waals surface area contributed by atoms with Crippen LogP contribution in [-0.4, -0.2) is 25.2 Å². The first-order chi connectivity index (χ1) is 6.27. The third-order valence-corrected chi connectivity index (χ3v) is 2.63. The van der Waals surface area contributed by atoms with Gasteiger partial charge in [0, 0.05) is 12.5 Å². The van der Waals surface area contributed by atoms with Gasteiger partial charge in [0.15, 0.2) is 0 Å². The van der Waals surface area contributed by atoms with Gasteiger partial charge in [-0.2, -0.15) is 0 Å². The topological polar surface area (TPSA) is 38.3 Å². The molecule has 0 spiro atoms. The average Bonchev–Trinajstić information content (AvgIpc) is 2.59. The number of hydrogen-bond donors (Lipinski definition) is 1. The second-order valence-electron chi connectivity index (χ2n) is 3.58. The number of rotatable bonds is 4. The van der Waals surface area contributed by atoms with Crippen LogP contribution in [0.2, 0.25) is 0 Å². The first kappa shape index (κ1) is 10.5. The highest BCUT2D eigenvalue weighted by Crippen LogP contribution is 2.10. The zero-order chi connectivity index (χ0) is 9.68. The van der Waals surface area contributed by atoms with Gasteiger partial charge in [-0.15, -0.1) is 0 Å². The summed E-state index contributed by atoms with van der Waals surface area (Å²) in [6.45, 7) is 5.58. The summed E-state index contributed by atoms with van der Waals surface area (Å²) in [6.07, 6.45) is 2.82. The van der Waals surface area contributed by atoms with E-state index in [0.717, 1.165) is 25.9 Å².